The van der Waals surface area contributed by atoms with Crippen LogP contribution in [0.5, 0.6) is 0 Å². The summed E-state index contributed by atoms with van der Waals surface area (Å²) in [5.74, 6) is -5.46. The molecule has 5 rings (SSSR count). The van der Waals surface area contributed by atoms with Crippen LogP contribution in [0.25, 0.3) is 4.85 Å². The molecule has 3 aliphatic rings. The van der Waals surface area contributed by atoms with Gasteiger partial charge in [-0.1, -0.05) is 171 Å². The summed E-state index contributed by atoms with van der Waals surface area (Å²) >= 11 is 0. The van der Waals surface area contributed by atoms with Gasteiger partial charge in [-0.2, -0.15) is 0 Å². The van der Waals surface area contributed by atoms with Crippen molar-refractivity contribution in [3.63, 3.8) is 0 Å². The summed E-state index contributed by atoms with van der Waals surface area (Å²) in [7, 11) is 0. The fraction of sp³-hybridized carbons (Fsp3) is 0.377. The third-order valence-corrected chi connectivity index (χ3v) is 14.4. The number of cyclic esters (lactones) is 1. The number of aliphatic hydroxyl groups is 1. The molecule has 6 atom stereocenters. The molecule has 0 saturated heterocycles. The molecule has 17 heteroatoms. The molecular formula is C69H81N3O14. The maximum Gasteiger partial charge on any atom is 0.379 e. The van der Waals surface area contributed by atoms with Gasteiger partial charge in [-0.25, -0.2) is 21.0 Å². The number of aliphatic hydroxyl groups excluding tert-OH is 1. The number of benzene rings is 2. The molecule has 4 unspecified atom stereocenters. The second-order valence-corrected chi connectivity index (χ2v) is 22.5. The first-order valence-electron chi connectivity index (χ1n) is 28.5. The monoisotopic (exact) mass is 1180 g/mol. The maximum atomic E-state index is 14.0. The zero-order valence-electron chi connectivity index (χ0n) is 50.8. The van der Waals surface area contributed by atoms with Crippen LogP contribution in [-0.4, -0.2) is 104 Å². The number of hydrogen-bond donors (Lipinski definition) is 3. The molecule has 1 aliphatic heterocycles. The lowest BCUT2D eigenvalue weighted by Gasteiger charge is -2.37. The Balaban J connectivity index is 1.17. The minimum Gasteiger partial charge on any atom is -0.453 e. The van der Waals surface area contributed by atoms with Gasteiger partial charge in [-0.3, -0.25) is 14.4 Å². The third-order valence-electron chi connectivity index (χ3n) is 14.4. The number of nitrogens with zero attached hydrogens (tertiary/aromatic N) is 1. The highest BCUT2D eigenvalue weighted by molar-refractivity contribution is 6.02. The highest BCUT2D eigenvalue weighted by atomic mass is 16.8. The highest BCUT2D eigenvalue weighted by Gasteiger charge is 2.46. The molecule has 0 fully saturated rings. The summed E-state index contributed by atoms with van der Waals surface area (Å²) in [5.41, 5.74) is 17.5. The first kappa shape index (κ1) is 68.6. The molecular weight excluding hydrogens is 1090 g/mol. The number of nitrogens with two attached hydrogens (primary N) is 2. The lowest BCUT2D eigenvalue weighted by atomic mass is 9.71. The fourth-order valence-electron chi connectivity index (χ4n) is 9.54. The Labute approximate surface area is 505 Å². The first-order chi connectivity index (χ1) is 40.9. The lowest BCUT2D eigenvalue weighted by Crippen LogP contribution is -2.42. The smallest absolute Gasteiger partial charge is 0.379 e. The summed E-state index contributed by atoms with van der Waals surface area (Å²) in [6.07, 6.45) is 23.9. The van der Waals surface area contributed by atoms with Gasteiger partial charge in [-0.05, 0) is 125 Å². The number of Topliss-reactive ketones (excluding diaryl/α,β-unsaturated/α-hetero) is 2. The molecule has 17 nitrogen and oxygen atoms in total. The van der Waals surface area contributed by atoms with E-state index in [1.165, 1.54) is 24.3 Å². The molecule has 2 aliphatic carbocycles. The van der Waals surface area contributed by atoms with Crippen LogP contribution in [0.2, 0.25) is 0 Å². The summed E-state index contributed by atoms with van der Waals surface area (Å²) in [5, 5.41) is 11.4. The van der Waals surface area contributed by atoms with E-state index in [-0.39, 0.29) is 42.3 Å². The molecule has 0 bridgehead atoms. The quantitative estimate of drug-likeness (QED) is 0.0179. The average molecular weight is 1180 g/mol. The van der Waals surface area contributed by atoms with Crippen molar-refractivity contribution in [1.82, 2.24) is 0 Å². The fourth-order valence-corrected chi connectivity index (χ4v) is 9.54. The van der Waals surface area contributed by atoms with Gasteiger partial charge in [0.15, 0.2) is 23.8 Å². The van der Waals surface area contributed by atoms with Crippen molar-refractivity contribution in [2.45, 2.75) is 132 Å². The summed E-state index contributed by atoms with van der Waals surface area (Å²) in [4.78, 5) is 82.6. The normalized spacial score (nSPS) is 20.8. The Bertz CT molecular complexity index is 3230. The van der Waals surface area contributed by atoms with Crippen LogP contribution >= 0.6 is 0 Å². The van der Waals surface area contributed by atoms with E-state index in [2.05, 4.69) is 4.85 Å². The van der Waals surface area contributed by atoms with Crippen LogP contribution < -0.4 is 11.5 Å². The zero-order chi connectivity index (χ0) is 63.1. The van der Waals surface area contributed by atoms with Crippen LogP contribution in [0, 0.1) is 17.4 Å². The number of ether oxygens (including phenoxy) is 7. The van der Waals surface area contributed by atoms with E-state index >= 15 is 0 Å². The number of carbonyl (C=O) groups is 6. The minimum absolute atomic E-state index is 0.0702. The standard InChI is InChI=1S/C69H81N3O14/c1-44(25-20-27-46(3)34-36-52-48(5)58(74)56(41-68(52,7)8)82-65(78)54(71)33-22-38-70)23-18-19-24-45(2)26-21-28-47(4)35-37-53-49(6)59(75)57(42-69(53,9)10)83-67(80-40-39-72-11)81-43-55(73)60-61(85-63(76)50-29-14-12-15-30-50)62(66(79)84-60)86-64(77)51-31-16-13-17-32-51/h12-21,23-32,34-37,54-57,60,67,73H,22,33,38-43,70-71H2,1-10H3/t54?,55-,56?,57?,60+,67?/m0/s1. The van der Waals surface area contributed by atoms with Crippen molar-refractivity contribution >= 4 is 35.4 Å². The van der Waals surface area contributed by atoms with Gasteiger partial charge in [0.2, 0.25) is 12.3 Å². The summed E-state index contributed by atoms with van der Waals surface area (Å²) in [6.45, 7) is 24.7. The Hall–Kier alpha value is -8.21. The highest BCUT2D eigenvalue weighted by Crippen LogP contribution is 2.42. The molecule has 2 aromatic rings. The topological polar surface area (TPSA) is 244 Å². The van der Waals surface area contributed by atoms with Crippen molar-refractivity contribution < 1.29 is 67.0 Å². The Morgan fingerprint density at radius 3 is 1.70 bits per heavy atom. The molecule has 1 heterocycles. The van der Waals surface area contributed by atoms with E-state index in [0.717, 1.165) is 33.4 Å². The number of allylic oxidation sites excluding steroid dienone is 20. The molecule has 86 heavy (non-hydrogen) atoms. The predicted molar refractivity (Wildman–Crippen MR) is 328 cm³/mol. The van der Waals surface area contributed by atoms with Gasteiger partial charge < -0.3 is 54.6 Å². The van der Waals surface area contributed by atoms with Gasteiger partial charge in [0.05, 0.1) is 17.7 Å². The number of ketones is 2. The largest absolute Gasteiger partial charge is 0.453 e. The maximum absolute atomic E-state index is 14.0. The number of carbonyl (C=O) groups excluding carboxylic acids is 6. The second-order valence-electron chi connectivity index (χ2n) is 22.5. The zero-order valence-corrected chi connectivity index (χ0v) is 50.8. The van der Waals surface area contributed by atoms with Gasteiger partial charge in [0, 0.05) is 6.42 Å². The van der Waals surface area contributed by atoms with Gasteiger partial charge in [0.25, 0.3) is 12.2 Å². The molecule has 0 aromatic heterocycles. The first-order valence-corrected chi connectivity index (χ1v) is 28.5. The summed E-state index contributed by atoms with van der Waals surface area (Å²) in [6, 6.07) is 14.8. The lowest BCUT2D eigenvalue weighted by molar-refractivity contribution is -0.307. The van der Waals surface area contributed by atoms with Gasteiger partial charge in [-0.15, -0.1) is 0 Å². The Morgan fingerprint density at radius 2 is 1.19 bits per heavy atom. The molecule has 456 valence electrons. The van der Waals surface area contributed by atoms with Crippen LogP contribution in [0.3, 0.4) is 0 Å². The molecule has 0 amide bonds. The van der Waals surface area contributed by atoms with Crippen molar-refractivity contribution in [3.05, 3.63) is 224 Å². The van der Waals surface area contributed by atoms with E-state index in [9.17, 15) is 33.9 Å². The van der Waals surface area contributed by atoms with Gasteiger partial charge in [0.1, 0.15) is 24.9 Å². The van der Waals surface area contributed by atoms with E-state index in [0.29, 0.717) is 37.0 Å². The van der Waals surface area contributed by atoms with Crippen molar-refractivity contribution in [2.75, 3.05) is 26.3 Å². The molecule has 0 saturated carbocycles. The predicted octanol–water partition coefficient (Wildman–Crippen LogP) is 11.0. The minimum atomic E-state index is -1.75. The van der Waals surface area contributed by atoms with Crippen molar-refractivity contribution in [1.29, 1.82) is 0 Å². The second kappa shape index (κ2) is 32.9. The molecule has 0 spiro atoms. The van der Waals surface area contributed by atoms with E-state index < -0.39 is 89.8 Å². The number of hydrogen-bond acceptors (Lipinski definition) is 16. The van der Waals surface area contributed by atoms with E-state index in [4.69, 9.17) is 51.2 Å². The number of esters is 4. The molecule has 0 radical (unpaired) electrons. The Morgan fingerprint density at radius 1 is 0.709 bits per heavy atom. The van der Waals surface area contributed by atoms with Crippen LogP contribution in [-0.2, 0) is 52.3 Å². The molecule has 5 N–H and O–H groups in total. The van der Waals surface area contributed by atoms with Gasteiger partial charge >= 0.3 is 23.9 Å². The van der Waals surface area contributed by atoms with Crippen LogP contribution in [0.15, 0.2) is 202 Å². The average Bonchev–Trinajstić information content (AvgIpc) is 1.28. The van der Waals surface area contributed by atoms with Crippen LogP contribution in [0.4, 0.5) is 0 Å². The number of rotatable bonds is 28. The van der Waals surface area contributed by atoms with E-state index in [1.54, 1.807) is 50.2 Å². The summed E-state index contributed by atoms with van der Waals surface area (Å²) < 4.78 is 39.6. The SMILES string of the molecule is [C-]#[N+]CCOC(OC[C@H](O)[C@H]1OC(=O)C(OC(=O)c2ccccc2)=C1OC(=O)c1ccccc1)OC1CC(C)(C)C(C=CC(C)=CC=CC(C)=CC=CC=C(C)C=CC=C(C)C=CC2=C(C)C(=O)C(OC(=O)C(N)CCCN)CC2(C)C)=C(C)C1=O. The van der Waals surface area contributed by atoms with E-state index in [1.807, 2.05) is 140 Å². The van der Waals surface area contributed by atoms with Crippen molar-refractivity contribution in [2.24, 2.45) is 22.3 Å². The van der Waals surface area contributed by atoms with Crippen LogP contribution in [0.1, 0.15) is 116 Å². The Kier molecular flexibility index (Phi) is 26.2. The third kappa shape index (κ3) is 20.2. The van der Waals surface area contributed by atoms with Crippen molar-refractivity contribution in [3.8, 4) is 0 Å². The molecule has 2 aromatic carbocycles.